The number of rotatable bonds is 9. The molecule has 5 aromatic rings. The van der Waals surface area contributed by atoms with Gasteiger partial charge in [0.05, 0.1) is 0 Å². The fraction of sp³-hybridized carbons (Fsp3) is 0.214. The van der Waals surface area contributed by atoms with Crippen molar-refractivity contribution >= 4 is 17.4 Å². The summed E-state index contributed by atoms with van der Waals surface area (Å²) in [5, 5.41) is 27.0. The number of nitrogens with one attached hydrogen (secondary N) is 1. The third-order valence-electron chi connectivity index (χ3n) is 6.39. The number of nitrogens with zero attached hydrogens (tertiary/aromatic N) is 6. The van der Waals surface area contributed by atoms with E-state index in [1.165, 1.54) is 12.3 Å². The lowest BCUT2D eigenvalue weighted by atomic mass is 9.98. The van der Waals surface area contributed by atoms with Crippen LogP contribution in [-0.4, -0.2) is 36.0 Å². The van der Waals surface area contributed by atoms with Crippen LogP contribution in [0.1, 0.15) is 52.9 Å². The van der Waals surface area contributed by atoms with Crippen molar-refractivity contribution in [1.82, 2.24) is 30.2 Å². The van der Waals surface area contributed by atoms with Gasteiger partial charge in [-0.1, -0.05) is 73.5 Å². The van der Waals surface area contributed by atoms with Crippen LogP contribution in [0, 0.1) is 12.1 Å². The number of carbonyl (C=O) groups excluding carboxylic acids is 1. The average Bonchev–Trinajstić information content (AvgIpc) is 3.56. The maximum absolute atomic E-state index is 13.5. The van der Waals surface area contributed by atoms with Crippen LogP contribution in [0.4, 0.5) is 0 Å². The van der Waals surface area contributed by atoms with Gasteiger partial charge in [-0.15, -0.1) is 10.2 Å². The van der Waals surface area contributed by atoms with Gasteiger partial charge in [0.2, 0.25) is 5.82 Å². The molecule has 0 bridgehead atoms. The largest absolute Gasteiger partial charge is 0.618 e. The molecule has 38 heavy (non-hydrogen) atoms. The summed E-state index contributed by atoms with van der Waals surface area (Å²) in [6, 6.07) is 19.2. The predicted molar refractivity (Wildman–Crippen MR) is 144 cm³/mol. The molecule has 0 aliphatic heterocycles. The van der Waals surface area contributed by atoms with Crippen molar-refractivity contribution in [3.05, 3.63) is 106 Å². The van der Waals surface area contributed by atoms with Gasteiger partial charge in [0.15, 0.2) is 11.3 Å². The highest BCUT2D eigenvalue weighted by atomic mass is 35.5. The molecule has 0 aliphatic rings. The highest BCUT2D eigenvalue weighted by Crippen LogP contribution is 2.30. The van der Waals surface area contributed by atoms with E-state index in [1.807, 2.05) is 53.1 Å². The van der Waals surface area contributed by atoms with Crippen LogP contribution in [0.25, 0.3) is 22.5 Å². The maximum atomic E-state index is 13.5. The van der Waals surface area contributed by atoms with Crippen LogP contribution >= 0.6 is 11.6 Å². The number of carbonyl (C=O) groups is 1. The minimum absolute atomic E-state index is 0.00844. The monoisotopic (exact) mass is 527 g/mol. The third-order valence-corrected chi connectivity index (χ3v) is 6.65. The average molecular weight is 528 g/mol. The van der Waals surface area contributed by atoms with Crippen LogP contribution in [0.15, 0.2) is 66.9 Å². The van der Waals surface area contributed by atoms with Crippen molar-refractivity contribution in [2.75, 3.05) is 0 Å². The number of unbranched alkanes of at least 4 members (excludes halogenated alkanes) is 1. The molecule has 0 aliphatic carbocycles. The van der Waals surface area contributed by atoms with E-state index in [0.29, 0.717) is 23.5 Å². The first-order valence-electron chi connectivity index (χ1n) is 12.4. The van der Waals surface area contributed by atoms with Gasteiger partial charge in [0.1, 0.15) is 11.5 Å². The van der Waals surface area contributed by atoms with Crippen LogP contribution in [-0.2, 0) is 13.0 Å². The van der Waals surface area contributed by atoms with E-state index in [9.17, 15) is 10.0 Å². The Hall–Kier alpha value is -4.37. The lowest BCUT2D eigenvalue weighted by Gasteiger charge is -2.13. The molecule has 0 saturated heterocycles. The number of aromatic nitrogens is 7. The number of hydrogen-bond donors (Lipinski definition) is 1. The van der Waals surface area contributed by atoms with Crippen LogP contribution in [0.2, 0.25) is 5.15 Å². The molecule has 2 aromatic carbocycles. The van der Waals surface area contributed by atoms with E-state index in [0.717, 1.165) is 46.5 Å². The van der Waals surface area contributed by atoms with E-state index in [-0.39, 0.29) is 16.5 Å². The van der Waals surface area contributed by atoms with Crippen molar-refractivity contribution in [2.45, 2.75) is 39.7 Å². The number of aromatic amines is 1. The van der Waals surface area contributed by atoms with E-state index in [1.54, 1.807) is 13.0 Å². The molecule has 10 heteroatoms. The number of aryl methyl sites for hydroxylation is 2. The van der Waals surface area contributed by atoms with Crippen LogP contribution in [0.3, 0.4) is 0 Å². The zero-order valence-electron chi connectivity index (χ0n) is 21.1. The Kier molecular flexibility index (Phi) is 7.28. The Bertz CT molecular complexity index is 1580. The summed E-state index contributed by atoms with van der Waals surface area (Å²) in [5.74, 6) is 0.787. The summed E-state index contributed by atoms with van der Waals surface area (Å²) in [5.41, 5.74) is 4.80. The van der Waals surface area contributed by atoms with Gasteiger partial charge >= 0.3 is 0 Å². The standard InChI is InChI=1S/C28H26ClN7O2/c1-3-4-9-24-30-27(29)25(26(37)23-15-10-18(2)16-36(23)38)35(24)17-19-11-13-20(14-12-19)21-7-5-6-8-22(21)28-31-33-34-32-28/h5-8,10-16H,3-4,9,17H2,1-2H3,(H,31,32,33,34). The Labute approximate surface area is 224 Å². The van der Waals surface area contributed by atoms with E-state index < -0.39 is 5.78 Å². The second kappa shape index (κ2) is 10.9. The van der Waals surface area contributed by atoms with Gasteiger partial charge in [-0.3, -0.25) is 4.79 Å². The topological polar surface area (TPSA) is 116 Å². The molecule has 0 fully saturated rings. The summed E-state index contributed by atoms with van der Waals surface area (Å²) >= 11 is 6.51. The van der Waals surface area contributed by atoms with Gasteiger partial charge < -0.3 is 9.77 Å². The molecule has 0 atom stereocenters. The summed E-state index contributed by atoms with van der Waals surface area (Å²) in [6.07, 6.45) is 3.93. The summed E-state index contributed by atoms with van der Waals surface area (Å²) in [7, 11) is 0. The van der Waals surface area contributed by atoms with Crippen molar-refractivity contribution < 1.29 is 9.52 Å². The Morgan fingerprint density at radius 1 is 1.08 bits per heavy atom. The molecule has 0 amide bonds. The zero-order chi connectivity index (χ0) is 26.6. The molecule has 1 N–H and O–H groups in total. The summed E-state index contributed by atoms with van der Waals surface area (Å²) in [6.45, 7) is 4.28. The van der Waals surface area contributed by atoms with Crippen molar-refractivity contribution in [2.24, 2.45) is 0 Å². The highest BCUT2D eigenvalue weighted by Gasteiger charge is 2.28. The summed E-state index contributed by atoms with van der Waals surface area (Å²) < 4.78 is 2.43. The highest BCUT2D eigenvalue weighted by molar-refractivity contribution is 6.33. The van der Waals surface area contributed by atoms with Crippen molar-refractivity contribution in [3.8, 4) is 22.5 Å². The first kappa shape index (κ1) is 25.3. The number of imidazole rings is 1. The zero-order valence-corrected chi connectivity index (χ0v) is 21.8. The number of pyridine rings is 1. The van der Waals surface area contributed by atoms with Gasteiger partial charge in [-0.25, -0.2) is 4.98 Å². The SMILES string of the molecule is CCCCc1nc(Cl)c(C(=O)c2ccc(C)c[n+]2[O-])n1Cc1ccc(-c2ccccc2-c2nn[nH]n2)cc1. The van der Waals surface area contributed by atoms with Crippen LogP contribution < -0.4 is 4.73 Å². The summed E-state index contributed by atoms with van der Waals surface area (Å²) in [4.78, 5) is 18.0. The molecule has 192 valence electrons. The Balaban J connectivity index is 1.50. The molecule has 9 nitrogen and oxygen atoms in total. The quantitative estimate of drug-likeness (QED) is 0.165. The smallest absolute Gasteiger partial charge is 0.277 e. The second-order valence-electron chi connectivity index (χ2n) is 9.08. The van der Waals surface area contributed by atoms with Gasteiger partial charge in [0, 0.05) is 30.2 Å². The van der Waals surface area contributed by atoms with Crippen molar-refractivity contribution in [3.63, 3.8) is 0 Å². The minimum atomic E-state index is -0.453. The van der Waals surface area contributed by atoms with Gasteiger partial charge in [-0.05, 0) is 41.3 Å². The molecule has 0 radical (unpaired) electrons. The number of benzene rings is 2. The molecule has 3 aromatic heterocycles. The van der Waals surface area contributed by atoms with E-state index in [4.69, 9.17) is 11.6 Å². The van der Waals surface area contributed by atoms with Crippen LogP contribution in [0.5, 0.6) is 0 Å². The number of tetrazole rings is 1. The lowest BCUT2D eigenvalue weighted by Crippen LogP contribution is -2.35. The molecule has 0 spiro atoms. The number of ketones is 1. The predicted octanol–water partition coefficient (Wildman–Crippen LogP) is 4.95. The first-order chi connectivity index (χ1) is 18.5. The van der Waals surface area contributed by atoms with Gasteiger partial charge in [0.25, 0.3) is 11.5 Å². The van der Waals surface area contributed by atoms with E-state index >= 15 is 0 Å². The minimum Gasteiger partial charge on any atom is -0.618 e. The maximum Gasteiger partial charge on any atom is 0.277 e. The Morgan fingerprint density at radius 2 is 1.84 bits per heavy atom. The fourth-order valence-electron chi connectivity index (χ4n) is 4.44. The first-order valence-corrected chi connectivity index (χ1v) is 12.8. The molecule has 0 saturated carbocycles. The Morgan fingerprint density at radius 3 is 2.53 bits per heavy atom. The lowest BCUT2D eigenvalue weighted by molar-refractivity contribution is -0.607. The molecule has 0 unspecified atom stereocenters. The number of halogens is 1. The molecular weight excluding hydrogens is 502 g/mol. The molecular formula is C28H26ClN7O2. The van der Waals surface area contributed by atoms with Crippen molar-refractivity contribution in [1.29, 1.82) is 0 Å². The number of hydrogen-bond acceptors (Lipinski definition) is 6. The number of H-pyrrole nitrogens is 1. The third kappa shape index (κ3) is 5.05. The molecule has 5 rings (SSSR count). The molecule has 3 heterocycles. The van der Waals surface area contributed by atoms with Gasteiger partial charge in [-0.2, -0.15) is 9.94 Å². The fourth-order valence-corrected chi connectivity index (χ4v) is 4.72. The second-order valence-corrected chi connectivity index (χ2v) is 9.44. The van der Waals surface area contributed by atoms with E-state index in [2.05, 4.69) is 32.5 Å². The normalized spacial score (nSPS) is 11.1.